The minimum absolute atomic E-state index is 0.0473. The lowest BCUT2D eigenvalue weighted by Gasteiger charge is -2.39. The number of amides is 2. The first kappa shape index (κ1) is 19.3. The van der Waals surface area contributed by atoms with Crippen LogP contribution in [0.1, 0.15) is 53.0 Å². The molecule has 1 atom stereocenters. The third-order valence-corrected chi connectivity index (χ3v) is 5.64. The molecular weight excluding hydrogens is 334 g/mol. The summed E-state index contributed by atoms with van der Waals surface area (Å²) in [5.74, 6) is -0.127. The van der Waals surface area contributed by atoms with Gasteiger partial charge in [-0.15, -0.1) is 0 Å². The summed E-state index contributed by atoms with van der Waals surface area (Å²) in [6.07, 6.45) is 1.16. The molecule has 1 aliphatic heterocycles. The third kappa shape index (κ3) is 3.69. The van der Waals surface area contributed by atoms with E-state index in [0.717, 1.165) is 5.56 Å². The van der Waals surface area contributed by atoms with E-state index in [1.807, 2.05) is 39.0 Å². The first-order valence-electron chi connectivity index (χ1n) is 9.65. The van der Waals surface area contributed by atoms with Crippen molar-refractivity contribution >= 4 is 11.8 Å². The van der Waals surface area contributed by atoms with Crippen LogP contribution in [0.4, 0.5) is 0 Å². The van der Waals surface area contributed by atoms with Gasteiger partial charge in [-0.2, -0.15) is 0 Å². The van der Waals surface area contributed by atoms with Gasteiger partial charge in [-0.05, 0) is 23.1 Å². The van der Waals surface area contributed by atoms with Crippen molar-refractivity contribution in [2.24, 2.45) is 5.41 Å². The van der Waals surface area contributed by atoms with Crippen LogP contribution in [0.5, 0.6) is 0 Å². The SMILES string of the molecule is CC(C)(C)C(=O)N1C(=O)CCC1C(C)(C)c1ccc(-c2ccccc2)cc1. The number of likely N-dealkylation sites (tertiary alicyclic amines) is 1. The van der Waals surface area contributed by atoms with Crippen LogP contribution >= 0.6 is 0 Å². The Morgan fingerprint density at radius 2 is 1.44 bits per heavy atom. The highest BCUT2D eigenvalue weighted by atomic mass is 16.2. The minimum Gasteiger partial charge on any atom is -0.278 e. The number of rotatable bonds is 3. The molecular formula is C24H29NO2. The topological polar surface area (TPSA) is 37.4 Å². The average Bonchev–Trinajstić information content (AvgIpc) is 3.03. The van der Waals surface area contributed by atoms with Crippen LogP contribution in [0.25, 0.3) is 11.1 Å². The second kappa shape index (κ2) is 6.95. The van der Waals surface area contributed by atoms with E-state index in [9.17, 15) is 9.59 Å². The molecule has 3 rings (SSSR count). The van der Waals surface area contributed by atoms with Gasteiger partial charge in [0.25, 0.3) is 0 Å². The Labute approximate surface area is 162 Å². The summed E-state index contributed by atoms with van der Waals surface area (Å²) in [5, 5.41) is 0. The second-order valence-electron chi connectivity index (χ2n) is 9.04. The number of hydrogen-bond acceptors (Lipinski definition) is 2. The van der Waals surface area contributed by atoms with Crippen molar-refractivity contribution in [3.05, 3.63) is 60.2 Å². The fourth-order valence-electron chi connectivity index (χ4n) is 3.90. The maximum atomic E-state index is 12.9. The standard InChI is InChI=1S/C24H29NO2/c1-23(2,3)22(27)25-20(15-16-21(25)26)24(4,5)19-13-11-18(12-14-19)17-9-7-6-8-10-17/h6-14,20H,15-16H2,1-5H3. The Morgan fingerprint density at radius 3 is 2.00 bits per heavy atom. The van der Waals surface area contributed by atoms with E-state index in [0.29, 0.717) is 12.8 Å². The van der Waals surface area contributed by atoms with E-state index >= 15 is 0 Å². The summed E-state index contributed by atoms with van der Waals surface area (Å²) in [7, 11) is 0. The molecule has 1 heterocycles. The Morgan fingerprint density at radius 1 is 0.889 bits per heavy atom. The second-order valence-corrected chi connectivity index (χ2v) is 9.04. The van der Waals surface area contributed by atoms with Crippen LogP contribution in [0.15, 0.2) is 54.6 Å². The largest absolute Gasteiger partial charge is 0.278 e. The van der Waals surface area contributed by atoms with E-state index in [2.05, 4.69) is 50.2 Å². The first-order valence-corrected chi connectivity index (χ1v) is 9.65. The van der Waals surface area contributed by atoms with Gasteiger partial charge >= 0.3 is 0 Å². The lowest BCUT2D eigenvalue weighted by atomic mass is 9.75. The fourth-order valence-corrected chi connectivity index (χ4v) is 3.90. The van der Waals surface area contributed by atoms with Crippen molar-refractivity contribution in [3.63, 3.8) is 0 Å². The highest BCUT2D eigenvalue weighted by Gasteiger charge is 2.47. The lowest BCUT2D eigenvalue weighted by molar-refractivity contribution is -0.150. The van der Waals surface area contributed by atoms with Crippen LogP contribution in [0.3, 0.4) is 0 Å². The molecule has 142 valence electrons. The molecule has 1 unspecified atom stereocenters. The number of hydrogen-bond donors (Lipinski definition) is 0. The van der Waals surface area contributed by atoms with E-state index in [4.69, 9.17) is 0 Å². The zero-order valence-electron chi connectivity index (χ0n) is 17.0. The molecule has 0 spiro atoms. The Bertz CT molecular complexity index is 829. The van der Waals surface area contributed by atoms with Crippen molar-refractivity contribution in [2.45, 2.75) is 58.9 Å². The van der Waals surface area contributed by atoms with E-state index < -0.39 is 5.41 Å². The van der Waals surface area contributed by atoms with Crippen molar-refractivity contribution in [2.75, 3.05) is 0 Å². The molecule has 27 heavy (non-hydrogen) atoms. The summed E-state index contributed by atoms with van der Waals surface area (Å²) in [5.41, 5.74) is 2.63. The molecule has 0 aromatic heterocycles. The number of imide groups is 1. The molecule has 3 nitrogen and oxygen atoms in total. The van der Waals surface area contributed by atoms with Gasteiger partial charge < -0.3 is 0 Å². The molecule has 0 N–H and O–H groups in total. The van der Waals surface area contributed by atoms with Gasteiger partial charge in [0.15, 0.2) is 0 Å². The van der Waals surface area contributed by atoms with E-state index in [-0.39, 0.29) is 23.3 Å². The Balaban J connectivity index is 1.91. The van der Waals surface area contributed by atoms with Gasteiger partial charge in [0.2, 0.25) is 11.8 Å². The van der Waals surface area contributed by atoms with Crippen LogP contribution in [-0.4, -0.2) is 22.8 Å². The molecule has 2 aromatic rings. The maximum absolute atomic E-state index is 12.9. The summed E-state index contributed by atoms with van der Waals surface area (Å²) < 4.78 is 0. The molecule has 1 fully saturated rings. The molecule has 0 aliphatic carbocycles. The predicted octanol–water partition coefficient (Wildman–Crippen LogP) is 5.19. The van der Waals surface area contributed by atoms with Crippen molar-refractivity contribution in [1.82, 2.24) is 4.90 Å². The highest BCUT2D eigenvalue weighted by Crippen LogP contribution is 2.39. The van der Waals surface area contributed by atoms with Gasteiger partial charge in [0.1, 0.15) is 0 Å². The van der Waals surface area contributed by atoms with E-state index in [1.54, 1.807) is 0 Å². The van der Waals surface area contributed by atoms with E-state index in [1.165, 1.54) is 16.0 Å². The zero-order chi connectivity index (χ0) is 19.8. The molecule has 3 heteroatoms. The smallest absolute Gasteiger partial charge is 0.234 e. The molecule has 0 saturated carbocycles. The number of carbonyl (C=O) groups excluding carboxylic acids is 2. The minimum atomic E-state index is -0.564. The first-order chi connectivity index (χ1) is 12.6. The molecule has 0 bridgehead atoms. The van der Waals surface area contributed by atoms with Gasteiger partial charge in [0.05, 0.1) is 0 Å². The van der Waals surface area contributed by atoms with Gasteiger partial charge in [-0.3, -0.25) is 14.5 Å². The monoisotopic (exact) mass is 363 g/mol. The van der Waals surface area contributed by atoms with Crippen LogP contribution in [-0.2, 0) is 15.0 Å². The third-order valence-electron chi connectivity index (χ3n) is 5.64. The Kier molecular flexibility index (Phi) is 4.98. The summed E-state index contributed by atoms with van der Waals surface area (Å²) >= 11 is 0. The zero-order valence-corrected chi connectivity index (χ0v) is 17.0. The lowest BCUT2D eigenvalue weighted by Crippen LogP contribution is -2.51. The maximum Gasteiger partial charge on any atom is 0.234 e. The van der Waals surface area contributed by atoms with Crippen LogP contribution in [0, 0.1) is 5.41 Å². The van der Waals surface area contributed by atoms with Crippen LogP contribution in [0.2, 0.25) is 0 Å². The normalized spacial score (nSPS) is 18.0. The number of nitrogens with zero attached hydrogens (tertiary/aromatic N) is 1. The number of benzene rings is 2. The highest BCUT2D eigenvalue weighted by molar-refractivity contribution is 5.99. The molecule has 2 aromatic carbocycles. The summed E-state index contributed by atoms with van der Waals surface area (Å²) in [4.78, 5) is 26.9. The number of carbonyl (C=O) groups is 2. The van der Waals surface area contributed by atoms with Crippen LogP contribution < -0.4 is 0 Å². The summed E-state index contributed by atoms with van der Waals surface area (Å²) in [6.45, 7) is 9.90. The molecule has 0 radical (unpaired) electrons. The van der Waals surface area contributed by atoms with Crippen molar-refractivity contribution in [3.8, 4) is 11.1 Å². The van der Waals surface area contributed by atoms with Crippen molar-refractivity contribution < 1.29 is 9.59 Å². The summed E-state index contributed by atoms with van der Waals surface area (Å²) in [6, 6.07) is 18.7. The van der Waals surface area contributed by atoms with Gasteiger partial charge in [0, 0.05) is 23.3 Å². The molecule has 2 amide bonds. The Hall–Kier alpha value is -2.42. The molecule has 1 aliphatic rings. The quantitative estimate of drug-likeness (QED) is 0.752. The fraction of sp³-hybridized carbons (Fsp3) is 0.417. The predicted molar refractivity (Wildman–Crippen MR) is 109 cm³/mol. The van der Waals surface area contributed by atoms with Gasteiger partial charge in [-0.25, -0.2) is 0 Å². The van der Waals surface area contributed by atoms with Gasteiger partial charge in [-0.1, -0.05) is 89.2 Å². The molecule has 1 saturated heterocycles. The average molecular weight is 364 g/mol. The van der Waals surface area contributed by atoms with Crippen molar-refractivity contribution in [1.29, 1.82) is 0 Å².